The Labute approximate surface area is 154 Å². The Morgan fingerprint density at radius 1 is 1.07 bits per heavy atom. The Morgan fingerprint density at radius 3 is 2.41 bits per heavy atom. The fourth-order valence-corrected chi connectivity index (χ4v) is 2.71. The average Bonchev–Trinajstić information content (AvgIpc) is 2.61. The number of halogens is 1. The van der Waals surface area contributed by atoms with Gasteiger partial charge in [0.25, 0.3) is 0 Å². The summed E-state index contributed by atoms with van der Waals surface area (Å²) in [6, 6.07) is 11.7. The van der Waals surface area contributed by atoms with Gasteiger partial charge in [0.15, 0.2) is 5.43 Å². The molecule has 3 aromatic rings. The van der Waals surface area contributed by atoms with Crippen LogP contribution in [0.25, 0.3) is 17.8 Å². The lowest BCUT2D eigenvalue weighted by atomic mass is 10.1. The molecule has 3 rings (SSSR count). The number of nitrogens with zero attached hydrogens (tertiary/aromatic N) is 1. The number of phenolic OH excluding ortho intramolecular Hbond substituents is 1. The fraction of sp³-hybridized carbons (Fsp3) is 0.0476. The van der Waals surface area contributed by atoms with Gasteiger partial charge in [0.1, 0.15) is 17.1 Å². The van der Waals surface area contributed by atoms with Gasteiger partial charge in [0.05, 0.1) is 0 Å². The largest absolute Gasteiger partial charge is 0.508 e. The summed E-state index contributed by atoms with van der Waals surface area (Å²) in [6.07, 6.45) is 4.60. The first kappa shape index (κ1) is 18.1. The first-order valence-electron chi connectivity index (χ1n) is 8.09. The van der Waals surface area contributed by atoms with Crippen molar-refractivity contribution in [2.24, 2.45) is 0 Å². The van der Waals surface area contributed by atoms with Gasteiger partial charge in [-0.1, -0.05) is 18.2 Å². The molecule has 0 bridgehead atoms. The molecule has 2 aromatic carbocycles. The third kappa shape index (κ3) is 3.95. The van der Waals surface area contributed by atoms with Crippen molar-refractivity contribution in [3.8, 4) is 11.4 Å². The van der Waals surface area contributed by atoms with Gasteiger partial charge in [-0.05, 0) is 54.5 Å². The molecule has 0 saturated heterocycles. The predicted molar refractivity (Wildman–Crippen MR) is 101 cm³/mol. The van der Waals surface area contributed by atoms with Gasteiger partial charge in [0, 0.05) is 23.6 Å². The fourth-order valence-electron chi connectivity index (χ4n) is 2.71. The van der Waals surface area contributed by atoms with E-state index in [0.717, 1.165) is 5.56 Å². The smallest absolute Gasteiger partial charge is 0.341 e. The number of aromatic nitrogens is 1. The van der Waals surface area contributed by atoms with Crippen LogP contribution < -0.4 is 5.43 Å². The van der Waals surface area contributed by atoms with E-state index in [2.05, 4.69) is 0 Å². The first-order chi connectivity index (χ1) is 12.8. The van der Waals surface area contributed by atoms with Gasteiger partial charge in [-0.25, -0.2) is 9.18 Å². The number of hydrogen-bond acceptors (Lipinski definition) is 3. The molecular weight excluding hydrogens is 349 g/mol. The van der Waals surface area contributed by atoms with Crippen molar-refractivity contribution < 1.29 is 19.4 Å². The molecule has 1 aromatic heterocycles. The highest BCUT2D eigenvalue weighted by Gasteiger charge is 2.13. The molecule has 0 radical (unpaired) electrons. The number of hydrogen-bond donors (Lipinski definition) is 2. The summed E-state index contributed by atoms with van der Waals surface area (Å²) in [5, 5.41) is 18.9. The first-order valence-corrected chi connectivity index (χ1v) is 8.09. The minimum atomic E-state index is -1.32. The van der Waals surface area contributed by atoms with E-state index < -0.39 is 11.4 Å². The molecule has 0 unspecified atom stereocenters. The van der Waals surface area contributed by atoms with Crippen LogP contribution in [0.4, 0.5) is 4.39 Å². The zero-order valence-corrected chi connectivity index (χ0v) is 14.4. The predicted octanol–water partition coefficient (Wildman–Crippen LogP) is 3.86. The number of aryl methyl sites for hydroxylation is 1. The van der Waals surface area contributed by atoms with Gasteiger partial charge >= 0.3 is 5.97 Å². The Kier molecular flexibility index (Phi) is 4.90. The molecule has 0 aliphatic carbocycles. The number of aromatic carboxylic acids is 1. The number of carboxylic acid groups (broad SMARTS) is 1. The monoisotopic (exact) mass is 365 g/mol. The van der Waals surface area contributed by atoms with Crippen LogP contribution in [0.5, 0.6) is 5.75 Å². The van der Waals surface area contributed by atoms with Crippen LogP contribution in [-0.4, -0.2) is 20.7 Å². The van der Waals surface area contributed by atoms with Crippen LogP contribution in [0.15, 0.2) is 59.5 Å². The maximum atomic E-state index is 13.0. The summed E-state index contributed by atoms with van der Waals surface area (Å²) in [7, 11) is 0. The third-order valence-electron chi connectivity index (χ3n) is 4.07. The van der Waals surface area contributed by atoms with Crippen molar-refractivity contribution in [2.45, 2.75) is 6.92 Å². The van der Waals surface area contributed by atoms with E-state index in [4.69, 9.17) is 0 Å². The lowest BCUT2D eigenvalue weighted by molar-refractivity contribution is 0.0694. The van der Waals surface area contributed by atoms with E-state index in [1.165, 1.54) is 30.5 Å². The Morgan fingerprint density at radius 2 is 1.78 bits per heavy atom. The van der Waals surface area contributed by atoms with Crippen molar-refractivity contribution >= 4 is 18.1 Å². The molecule has 2 N–H and O–H groups in total. The standard InChI is InChI=1S/C21H16FNO4/c1-13-10-17(24)8-9-19(13)23-12-18(21(26)27)20(25)11-16(23)7-4-14-2-5-15(22)6-3-14/h2-12,24H,1H3,(H,26,27)/b7-4+. The molecule has 0 aliphatic heterocycles. The summed E-state index contributed by atoms with van der Waals surface area (Å²) >= 11 is 0. The lowest BCUT2D eigenvalue weighted by Crippen LogP contribution is -2.18. The van der Waals surface area contributed by atoms with Crippen molar-refractivity contribution in [3.05, 3.63) is 93.2 Å². The summed E-state index contributed by atoms with van der Waals surface area (Å²) < 4.78 is 14.6. The van der Waals surface area contributed by atoms with Crippen molar-refractivity contribution in [2.75, 3.05) is 0 Å². The minimum Gasteiger partial charge on any atom is -0.508 e. The lowest BCUT2D eigenvalue weighted by Gasteiger charge is -2.15. The van der Waals surface area contributed by atoms with Crippen molar-refractivity contribution in [1.82, 2.24) is 4.57 Å². The molecule has 6 heteroatoms. The van der Waals surface area contributed by atoms with E-state index in [1.54, 1.807) is 47.9 Å². The second-order valence-electron chi connectivity index (χ2n) is 6.01. The zero-order valence-electron chi connectivity index (χ0n) is 14.4. The maximum Gasteiger partial charge on any atom is 0.341 e. The van der Waals surface area contributed by atoms with Gasteiger partial charge < -0.3 is 14.8 Å². The number of phenols is 1. The molecule has 27 heavy (non-hydrogen) atoms. The summed E-state index contributed by atoms with van der Waals surface area (Å²) in [5.41, 5.74) is 1.51. The van der Waals surface area contributed by atoms with E-state index >= 15 is 0 Å². The van der Waals surface area contributed by atoms with Crippen LogP contribution in [0.2, 0.25) is 0 Å². The number of carboxylic acids is 1. The summed E-state index contributed by atoms with van der Waals surface area (Å²) in [5.74, 6) is -1.59. The van der Waals surface area contributed by atoms with Crippen LogP contribution >= 0.6 is 0 Å². The minimum absolute atomic E-state index is 0.0826. The molecule has 0 atom stereocenters. The highest BCUT2D eigenvalue weighted by Crippen LogP contribution is 2.22. The molecule has 1 heterocycles. The number of carbonyl (C=O) groups is 1. The second-order valence-corrected chi connectivity index (χ2v) is 6.01. The van der Waals surface area contributed by atoms with Gasteiger partial charge in [-0.3, -0.25) is 4.79 Å². The SMILES string of the molecule is Cc1cc(O)ccc1-n1cc(C(=O)O)c(=O)cc1/C=C/c1ccc(F)cc1. The molecular formula is C21H16FNO4. The molecule has 0 saturated carbocycles. The Balaban J connectivity index is 2.17. The Hall–Kier alpha value is -3.67. The van der Waals surface area contributed by atoms with Gasteiger partial charge in [-0.15, -0.1) is 0 Å². The quantitative estimate of drug-likeness (QED) is 0.736. The zero-order chi connectivity index (χ0) is 19.6. The molecule has 5 nitrogen and oxygen atoms in total. The number of rotatable bonds is 4. The van der Waals surface area contributed by atoms with Crippen LogP contribution in [-0.2, 0) is 0 Å². The van der Waals surface area contributed by atoms with Crippen LogP contribution in [0.3, 0.4) is 0 Å². The maximum absolute atomic E-state index is 13.0. The molecule has 136 valence electrons. The molecule has 0 amide bonds. The van der Waals surface area contributed by atoms with Crippen molar-refractivity contribution in [3.63, 3.8) is 0 Å². The van der Waals surface area contributed by atoms with E-state index in [9.17, 15) is 24.2 Å². The Bertz CT molecular complexity index is 1100. The van der Waals surface area contributed by atoms with E-state index in [1.807, 2.05) is 0 Å². The third-order valence-corrected chi connectivity index (χ3v) is 4.07. The van der Waals surface area contributed by atoms with E-state index in [-0.39, 0.29) is 17.1 Å². The number of pyridine rings is 1. The highest BCUT2D eigenvalue weighted by molar-refractivity contribution is 5.87. The molecule has 0 fully saturated rings. The van der Waals surface area contributed by atoms with E-state index in [0.29, 0.717) is 16.9 Å². The summed E-state index contributed by atoms with van der Waals surface area (Å²) in [4.78, 5) is 23.5. The van der Waals surface area contributed by atoms with Crippen LogP contribution in [0.1, 0.15) is 27.2 Å². The highest BCUT2D eigenvalue weighted by atomic mass is 19.1. The molecule has 0 aliphatic rings. The second kappa shape index (κ2) is 7.29. The van der Waals surface area contributed by atoms with Crippen molar-refractivity contribution in [1.29, 1.82) is 0 Å². The van der Waals surface area contributed by atoms with Gasteiger partial charge in [-0.2, -0.15) is 0 Å². The number of benzene rings is 2. The van der Waals surface area contributed by atoms with Crippen LogP contribution in [0, 0.1) is 12.7 Å². The number of aromatic hydroxyl groups is 1. The topological polar surface area (TPSA) is 79.5 Å². The summed E-state index contributed by atoms with van der Waals surface area (Å²) in [6.45, 7) is 1.76. The average molecular weight is 365 g/mol. The van der Waals surface area contributed by atoms with Gasteiger partial charge in [0.2, 0.25) is 0 Å². The normalized spacial score (nSPS) is 11.0. The molecule has 0 spiro atoms.